The number of hydrogen-bond acceptors (Lipinski definition) is 5. The van der Waals surface area contributed by atoms with Gasteiger partial charge in [-0.3, -0.25) is 9.59 Å². The van der Waals surface area contributed by atoms with Gasteiger partial charge in [-0.1, -0.05) is 77.2 Å². The molecule has 1 aliphatic rings. The first kappa shape index (κ1) is 36.7. The Morgan fingerprint density at radius 1 is 0.450 bits per heavy atom. The van der Waals surface area contributed by atoms with Crippen molar-refractivity contribution >= 4 is 60.6 Å². The normalized spacial score (nSPS) is 12.4. The van der Waals surface area contributed by atoms with Gasteiger partial charge in [-0.2, -0.15) is 0 Å². The molecule has 1 aliphatic heterocycles. The summed E-state index contributed by atoms with van der Waals surface area (Å²) in [5.74, 6) is 8.82. The zero-order valence-electron chi connectivity index (χ0n) is 34.1. The number of aryl methyl sites for hydroxylation is 5. The Morgan fingerprint density at radius 3 is 1.38 bits per heavy atom. The first-order chi connectivity index (χ1) is 29.1. The van der Waals surface area contributed by atoms with Crippen LogP contribution in [0, 0.1) is 46.5 Å². The van der Waals surface area contributed by atoms with E-state index in [1.165, 1.54) is 4.90 Å². The van der Waals surface area contributed by atoms with Crippen LogP contribution in [0.2, 0.25) is 0 Å². The van der Waals surface area contributed by atoms with Crippen LogP contribution in [0.4, 0.5) is 5.69 Å². The highest BCUT2D eigenvalue weighted by Crippen LogP contribution is 2.53. The number of anilines is 1. The summed E-state index contributed by atoms with van der Waals surface area (Å²) >= 11 is 0. The van der Waals surface area contributed by atoms with Gasteiger partial charge in [0.25, 0.3) is 11.8 Å². The van der Waals surface area contributed by atoms with Gasteiger partial charge in [0.2, 0.25) is 0 Å². The maximum absolute atomic E-state index is 15.2. The molecule has 0 saturated carbocycles. The fraction of sp³-hybridized carbons (Fsp3) is 0.111. The van der Waals surface area contributed by atoms with E-state index in [4.69, 9.17) is 14.2 Å². The van der Waals surface area contributed by atoms with Crippen molar-refractivity contribution in [1.29, 1.82) is 0 Å². The SMILES string of the molecule is CC#Cc1cc(C)c(N2C(=O)c3cc(Oc4ccc(C)cc4)c4c5cccc6c(Oc7ccc(C)cc7)ccc(c7c(Oc8ccc(C)cc8)cc(c3c47)C2=O)c65)c(C)c1. The molecule has 0 aliphatic carbocycles. The lowest BCUT2D eigenvalue weighted by Gasteiger charge is -2.32. The summed E-state index contributed by atoms with van der Waals surface area (Å²) in [7, 11) is 0. The van der Waals surface area contributed by atoms with Crippen molar-refractivity contribution in [3.05, 3.63) is 172 Å². The van der Waals surface area contributed by atoms with Gasteiger partial charge in [-0.05, 0) is 136 Å². The summed E-state index contributed by atoms with van der Waals surface area (Å²) in [6.45, 7) is 11.7. The molecule has 6 nitrogen and oxygen atoms in total. The number of carbonyl (C=O) groups excluding carboxylic acids is 2. The molecule has 1 heterocycles. The predicted molar refractivity (Wildman–Crippen MR) is 241 cm³/mol. The Bertz CT molecular complexity index is 3170. The van der Waals surface area contributed by atoms with E-state index in [0.717, 1.165) is 71.4 Å². The number of imide groups is 1. The van der Waals surface area contributed by atoms with Gasteiger partial charge in [-0.15, -0.1) is 5.92 Å². The van der Waals surface area contributed by atoms with Crippen LogP contribution in [0.3, 0.4) is 0 Å². The highest BCUT2D eigenvalue weighted by Gasteiger charge is 2.39. The van der Waals surface area contributed by atoms with E-state index in [-0.39, 0.29) is 0 Å². The molecule has 2 amide bonds. The second kappa shape index (κ2) is 14.0. The van der Waals surface area contributed by atoms with E-state index < -0.39 is 11.8 Å². The zero-order chi connectivity index (χ0) is 41.4. The summed E-state index contributed by atoms with van der Waals surface area (Å²) in [6.07, 6.45) is 0. The number of nitrogens with zero attached hydrogens (tertiary/aromatic N) is 1. The van der Waals surface area contributed by atoms with E-state index in [1.54, 1.807) is 6.92 Å². The molecule has 0 saturated heterocycles. The first-order valence-electron chi connectivity index (χ1n) is 20.0. The number of amides is 2. The average Bonchev–Trinajstić information content (AvgIpc) is 3.23. The summed E-state index contributed by atoms with van der Waals surface area (Å²) in [6, 6.07) is 41.3. The van der Waals surface area contributed by atoms with Crippen LogP contribution in [0.15, 0.2) is 127 Å². The van der Waals surface area contributed by atoms with E-state index in [1.807, 2.05) is 144 Å². The number of hydrogen-bond donors (Lipinski definition) is 0. The van der Waals surface area contributed by atoms with Crippen LogP contribution in [0.5, 0.6) is 34.5 Å². The number of fused-ring (bicyclic) bond motifs is 2. The molecule has 0 bridgehead atoms. The Balaban J connectivity index is 1.33. The third-order valence-electron chi connectivity index (χ3n) is 11.5. The zero-order valence-corrected chi connectivity index (χ0v) is 34.1. The Kier molecular flexibility index (Phi) is 8.59. The molecule has 290 valence electrons. The molecule has 0 atom stereocenters. The minimum absolute atomic E-state index is 0.361. The van der Waals surface area contributed by atoms with Crippen molar-refractivity contribution in [3.8, 4) is 46.3 Å². The lowest BCUT2D eigenvalue weighted by Crippen LogP contribution is -2.41. The largest absolute Gasteiger partial charge is 0.457 e. The second-order valence-corrected chi connectivity index (χ2v) is 15.7. The van der Waals surface area contributed by atoms with Gasteiger partial charge in [0, 0.05) is 37.9 Å². The predicted octanol–water partition coefficient (Wildman–Crippen LogP) is 13.8. The van der Waals surface area contributed by atoms with Crippen LogP contribution in [0.1, 0.15) is 61.0 Å². The molecule has 0 radical (unpaired) electrons. The molecular formula is C54H39NO5. The van der Waals surface area contributed by atoms with Gasteiger partial charge in [0.1, 0.15) is 34.5 Å². The maximum atomic E-state index is 15.2. The van der Waals surface area contributed by atoms with Gasteiger partial charge in [0.15, 0.2) is 0 Å². The molecule has 60 heavy (non-hydrogen) atoms. The number of rotatable bonds is 7. The fourth-order valence-corrected chi connectivity index (χ4v) is 8.77. The molecule has 6 heteroatoms. The van der Waals surface area contributed by atoms with Crippen LogP contribution >= 0.6 is 0 Å². The van der Waals surface area contributed by atoms with Crippen molar-refractivity contribution in [1.82, 2.24) is 0 Å². The minimum atomic E-state index is -0.433. The van der Waals surface area contributed by atoms with Gasteiger partial charge in [-0.25, -0.2) is 4.90 Å². The maximum Gasteiger partial charge on any atom is 0.266 e. The Labute approximate surface area is 347 Å². The third-order valence-corrected chi connectivity index (χ3v) is 11.5. The van der Waals surface area contributed by atoms with Gasteiger partial charge in [0.05, 0.1) is 16.8 Å². The molecule has 9 aromatic carbocycles. The van der Waals surface area contributed by atoms with Crippen molar-refractivity contribution in [3.63, 3.8) is 0 Å². The topological polar surface area (TPSA) is 65.1 Å². The van der Waals surface area contributed by atoms with Crippen LogP contribution in [0.25, 0.3) is 43.1 Å². The molecule has 10 rings (SSSR count). The van der Waals surface area contributed by atoms with Crippen LogP contribution < -0.4 is 19.1 Å². The van der Waals surface area contributed by atoms with Gasteiger partial charge >= 0.3 is 0 Å². The summed E-state index contributed by atoms with van der Waals surface area (Å²) < 4.78 is 20.3. The smallest absolute Gasteiger partial charge is 0.266 e. The summed E-state index contributed by atoms with van der Waals surface area (Å²) in [5, 5.41) is 6.40. The third kappa shape index (κ3) is 5.89. The lowest BCUT2D eigenvalue weighted by atomic mass is 9.83. The van der Waals surface area contributed by atoms with Crippen molar-refractivity contribution < 1.29 is 23.8 Å². The summed E-state index contributed by atoms with van der Waals surface area (Å²) in [5.41, 5.74) is 6.92. The van der Waals surface area contributed by atoms with Crippen molar-refractivity contribution in [2.75, 3.05) is 4.90 Å². The van der Waals surface area contributed by atoms with Gasteiger partial charge < -0.3 is 14.2 Å². The monoisotopic (exact) mass is 781 g/mol. The summed E-state index contributed by atoms with van der Waals surface area (Å²) in [4.78, 5) is 31.6. The number of carbonyl (C=O) groups is 2. The molecule has 0 N–H and O–H groups in total. The standard InChI is InChI=1S/C54H39NO5/c1-7-9-35-26-33(5)52(34(6)27-35)55-53(56)42-28-45(59-37-20-14-31(3)15-21-37)49-40-11-8-10-39-44(58-36-18-12-30(2)13-19-36)25-24-41(47(39)40)50-46(60-38-22-16-32(4)17-23-38)29-43(54(55)57)48(42)51(49)50/h8,10-29H,1-6H3. The molecule has 0 unspecified atom stereocenters. The molecule has 0 aromatic heterocycles. The molecule has 0 fully saturated rings. The quantitative estimate of drug-likeness (QED) is 0.0697. The lowest BCUT2D eigenvalue weighted by molar-refractivity contribution is 0.0892. The second-order valence-electron chi connectivity index (χ2n) is 15.7. The van der Waals surface area contributed by atoms with Crippen molar-refractivity contribution in [2.45, 2.75) is 41.5 Å². The van der Waals surface area contributed by atoms with E-state index in [0.29, 0.717) is 56.3 Å². The Hall–Kier alpha value is -7.62. The van der Waals surface area contributed by atoms with E-state index in [9.17, 15) is 0 Å². The Morgan fingerprint density at radius 2 is 0.900 bits per heavy atom. The molecule has 9 aromatic rings. The molecular weight excluding hydrogens is 743 g/mol. The number of ether oxygens (including phenoxy) is 3. The highest BCUT2D eigenvalue weighted by atomic mass is 16.5. The molecule has 0 spiro atoms. The fourth-order valence-electron chi connectivity index (χ4n) is 8.77. The van der Waals surface area contributed by atoms with E-state index >= 15 is 9.59 Å². The van der Waals surface area contributed by atoms with Crippen molar-refractivity contribution in [2.24, 2.45) is 0 Å². The van der Waals surface area contributed by atoms with Crippen LogP contribution in [-0.2, 0) is 0 Å². The average molecular weight is 782 g/mol. The highest BCUT2D eigenvalue weighted by molar-refractivity contribution is 6.44. The van der Waals surface area contributed by atoms with E-state index in [2.05, 4.69) is 30.0 Å². The first-order valence-corrected chi connectivity index (χ1v) is 20.0. The number of benzene rings is 9. The minimum Gasteiger partial charge on any atom is -0.457 e. The van der Waals surface area contributed by atoms with Crippen LogP contribution in [-0.4, -0.2) is 11.8 Å².